The molecule has 2 atom stereocenters. The van der Waals surface area contributed by atoms with Gasteiger partial charge in [-0.2, -0.15) is 5.10 Å². The van der Waals surface area contributed by atoms with Crippen LogP contribution in [0, 0.1) is 6.92 Å². The van der Waals surface area contributed by atoms with Crippen molar-refractivity contribution in [3.05, 3.63) is 53.3 Å². The molecule has 2 N–H and O–H groups in total. The maximum atomic E-state index is 12.9. The predicted octanol–water partition coefficient (Wildman–Crippen LogP) is 2.51. The number of hydrogen-bond donors (Lipinski definition) is 1. The van der Waals surface area contributed by atoms with Crippen molar-refractivity contribution >= 4 is 5.91 Å². The molecular weight excluding hydrogens is 300 g/mol. The average Bonchev–Trinajstić information content (AvgIpc) is 3.10. The van der Waals surface area contributed by atoms with Crippen molar-refractivity contribution in [3.63, 3.8) is 0 Å². The van der Waals surface area contributed by atoms with Gasteiger partial charge in [0.1, 0.15) is 0 Å². The number of carbonyl (C=O) groups is 1. The summed E-state index contributed by atoms with van der Waals surface area (Å²) in [6.45, 7) is 9.44. The van der Waals surface area contributed by atoms with Crippen molar-refractivity contribution in [1.82, 2.24) is 14.7 Å². The molecule has 1 fully saturated rings. The third-order valence-corrected chi connectivity index (χ3v) is 4.62. The molecule has 0 spiro atoms. The minimum Gasteiger partial charge on any atom is -0.335 e. The number of rotatable bonds is 2. The van der Waals surface area contributed by atoms with Crippen molar-refractivity contribution < 1.29 is 4.79 Å². The Morgan fingerprint density at radius 3 is 2.46 bits per heavy atom. The van der Waals surface area contributed by atoms with E-state index >= 15 is 0 Å². The van der Waals surface area contributed by atoms with Gasteiger partial charge in [-0.05, 0) is 39.3 Å². The molecule has 1 aliphatic heterocycles. The Bertz CT molecular complexity index is 730. The van der Waals surface area contributed by atoms with E-state index in [4.69, 9.17) is 5.73 Å². The molecule has 0 bridgehead atoms. The highest BCUT2D eigenvalue weighted by molar-refractivity contribution is 5.92. The predicted molar refractivity (Wildman–Crippen MR) is 95.0 cm³/mol. The lowest BCUT2D eigenvalue weighted by atomic mass is 9.95. The van der Waals surface area contributed by atoms with Crippen molar-refractivity contribution in [2.24, 2.45) is 5.73 Å². The first-order valence-corrected chi connectivity index (χ1v) is 8.44. The van der Waals surface area contributed by atoms with E-state index < -0.39 is 0 Å². The van der Waals surface area contributed by atoms with Crippen molar-refractivity contribution in [2.75, 3.05) is 13.1 Å². The van der Waals surface area contributed by atoms with Crippen LogP contribution in [0.3, 0.4) is 0 Å². The van der Waals surface area contributed by atoms with E-state index in [1.54, 1.807) is 0 Å². The highest BCUT2D eigenvalue weighted by atomic mass is 16.2. The van der Waals surface area contributed by atoms with Crippen LogP contribution in [-0.2, 0) is 5.54 Å². The summed E-state index contributed by atoms with van der Waals surface area (Å²) in [6, 6.07) is 12.0. The molecule has 2 aromatic rings. The van der Waals surface area contributed by atoms with Gasteiger partial charge in [0.05, 0.1) is 5.54 Å². The topological polar surface area (TPSA) is 64.2 Å². The number of nitrogens with zero attached hydrogens (tertiary/aromatic N) is 3. The minimum absolute atomic E-state index is 0.0324. The van der Waals surface area contributed by atoms with Crippen LogP contribution >= 0.6 is 0 Å². The molecular formula is C19H26N4O. The zero-order chi connectivity index (χ0) is 17.5. The molecule has 1 saturated heterocycles. The van der Waals surface area contributed by atoms with E-state index in [1.165, 1.54) is 5.56 Å². The molecule has 128 valence electrons. The molecule has 1 aliphatic rings. The number of benzene rings is 1. The van der Waals surface area contributed by atoms with Crippen LogP contribution in [0.1, 0.15) is 48.4 Å². The number of aromatic nitrogens is 2. The Morgan fingerprint density at radius 1 is 1.21 bits per heavy atom. The SMILES string of the molecule is Cc1cc(C(=O)N2C[C@@H](N)[C@H](c3ccccc3)C2)nn1C(C)(C)C. The van der Waals surface area contributed by atoms with Gasteiger partial charge in [-0.15, -0.1) is 0 Å². The second kappa shape index (κ2) is 6.06. The van der Waals surface area contributed by atoms with Crippen molar-refractivity contribution in [2.45, 2.75) is 45.2 Å². The molecule has 0 radical (unpaired) electrons. The number of carbonyl (C=O) groups excluding carboxylic acids is 1. The van der Waals surface area contributed by atoms with Gasteiger partial charge in [0.25, 0.3) is 5.91 Å². The number of nitrogens with two attached hydrogens (primary N) is 1. The van der Waals surface area contributed by atoms with E-state index in [0.717, 1.165) is 5.69 Å². The van der Waals surface area contributed by atoms with E-state index in [2.05, 4.69) is 38.0 Å². The van der Waals surface area contributed by atoms with Gasteiger partial charge < -0.3 is 10.6 Å². The molecule has 0 aliphatic carbocycles. The number of likely N-dealkylation sites (tertiary alicyclic amines) is 1. The number of aryl methyl sites for hydroxylation is 1. The first-order valence-electron chi connectivity index (χ1n) is 8.44. The summed E-state index contributed by atoms with van der Waals surface area (Å²) in [5, 5.41) is 4.53. The fraction of sp³-hybridized carbons (Fsp3) is 0.474. The van der Waals surface area contributed by atoms with Crippen LogP contribution in [-0.4, -0.2) is 39.7 Å². The molecule has 1 aromatic heterocycles. The summed E-state index contributed by atoms with van der Waals surface area (Å²) >= 11 is 0. The zero-order valence-corrected chi connectivity index (χ0v) is 14.9. The zero-order valence-electron chi connectivity index (χ0n) is 14.9. The summed E-state index contributed by atoms with van der Waals surface area (Å²) in [4.78, 5) is 14.7. The molecule has 3 rings (SSSR count). The van der Waals surface area contributed by atoms with E-state index in [0.29, 0.717) is 18.8 Å². The lowest BCUT2D eigenvalue weighted by Crippen LogP contribution is -2.33. The van der Waals surface area contributed by atoms with Crippen LogP contribution in [0.15, 0.2) is 36.4 Å². The Morgan fingerprint density at radius 2 is 1.88 bits per heavy atom. The molecule has 2 heterocycles. The maximum absolute atomic E-state index is 12.9. The molecule has 24 heavy (non-hydrogen) atoms. The fourth-order valence-electron chi connectivity index (χ4n) is 3.47. The molecule has 0 unspecified atom stereocenters. The van der Waals surface area contributed by atoms with Crippen LogP contribution in [0.5, 0.6) is 0 Å². The normalized spacial score (nSPS) is 21.3. The van der Waals surface area contributed by atoms with Gasteiger partial charge in [0, 0.05) is 30.7 Å². The smallest absolute Gasteiger partial charge is 0.274 e. The lowest BCUT2D eigenvalue weighted by Gasteiger charge is -2.21. The monoisotopic (exact) mass is 326 g/mol. The first kappa shape index (κ1) is 16.7. The van der Waals surface area contributed by atoms with Crippen LogP contribution < -0.4 is 5.73 Å². The minimum atomic E-state index is -0.142. The van der Waals surface area contributed by atoms with Crippen molar-refractivity contribution in [1.29, 1.82) is 0 Å². The quantitative estimate of drug-likeness (QED) is 0.922. The Balaban J connectivity index is 1.80. The van der Waals surface area contributed by atoms with Gasteiger partial charge in [0.15, 0.2) is 5.69 Å². The lowest BCUT2D eigenvalue weighted by molar-refractivity contribution is 0.0781. The molecule has 0 saturated carbocycles. The summed E-state index contributed by atoms with van der Waals surface area (Å²) in [5.41, 5.74) is 8.85. The Labute approximate surface area is 143 Å². The maximum Gasteiger partial charge on any atom is 0.274 e. The van der Waals surface area contributed by atoms with Gasteiger partial charge >= 0.3 is 0 Å². The van der Waals surface area contributed by atoms with Gasteiger partial charge in [-0.1, -0.05) is 30.3 Å². The van der Waals surface area contributed by atoms with E-state index in [1.807, 2.05) is 40.8 Å². The number of hydrogen-bond acceptors (Lipinski definition) is 3. The van der Waals surface area contributed by atoms with Crippen LogP contribution in [0.25, 0.3) is 0 Å². The second-order valence-corrected chi connectivity index (χ2v) is 7.64. The highest BCUT2D eigenvalue weighted by Crippen LogP contribution is 2.27. The van der Waals surface area contributed by atoms with E-state index in [-0.39, 0.29) is 23.4 Å². The molecule has 5 nitrogen and oxygen atoms in total. The van der Waals surface area contributed by atoms with Gasteiger partial charge in [0.2, 0.25) is 0 Å². The fourth-order valence-corrected chi connectivity index (χ4v) is 3.47. The average molecular weight is 326 g/mol. The summed E-state index contributed by atoms with van der Waals surface area (Å²) in [7, 11) is 0. The highest BCUT2D eigenvalue weighted by Gasteiger charge is 2.35. The summed E-state index contributed by atoms with van der Waals surface area (Å²) in [5.74, 6) is 0.149. The van der Waals surface area contributed by atoms with Crippen LogP contribution in [0.2, 0.25) is 0 Å². The number of amides is 1. The molecule has 1 amide bonds. The first-order chi connectivity index (χ1) is 11.3. The third kappa shape index (κ3) is 3.08. The van der Waals surface area contributed by atoms with E-state index in [9.17, 15) is 4.79 Å². The summed E-state index contributed by atoms with van der Waals surface area (Å²) in [6.07, 6.45) is 0. The second-order valence-electron chi connectivity index (χ2n) is 7.64. The van der Waals surface area contributed by atoms with Gasteiger partial charge in [-0.3, -0.25) is 9.48 Å². The molecule has 1 aromatic carbocycles. The van der Waals surface area contributed by atoms with Crippen molar-refractivity contribution in [3.8, 4) is 0 Å². The Hall–Kier alpha value is -2.14. The van der Waals surface area contributed by atoms with Crippen LogP contribution in [0.4, 0.5) is 0 Å². The third-order valence-electron chi connectivity index (χ3n) is 4.62. The largest absolute Gasteiger partial charge is 0.335 e. The molecule has 5 heteroatoms. The summed E-state index contributed by atoms with van der Waals surface area (Å²) < 4.78 is 1.91. The standard InChI is InChI=1S/C19H26N4O/c1-13-10-17(21-23(13)19(2,3)4)18(24)22-11-15(16(20)12-22)14-8-6-5-7-9-14/h5-10,15-16H,11-12,20H2,1-4H3/t15-,16+/m0/s1. The van der Waals surface area contributed by atoms with Gasteiger partial charge in [-0.25, -0.2) is 0 Å². The Kier molecular flexibility index (Phi) is 4.22.